The first-order chi connectivity index (χ1) is 15.6. The third-order valence-corrected chi connectivity index (χ3v) is 6.31. The standard InChI is InChI=1S/C26H30N4O2/c1-17(2)26-30-23(16-32-26)21-10-11-28-25(13-21)29-15-18-4-6-19(7-5-18)20-8-9-24(31-3)22(12-20)14-27/h8-13,16-19H,4-7,15H2,1-3H3,(H,28,29)/t18-,19-. The van der Waals surface area contributed by atoms with Gasteiger partial charge in [0.1, 0.15) is 29.6 Å². The van der Waals surface area contributed by atoms with Gasteiger partial charge in [0.2, 0.25) is 0 Å². The van der Waals surface area contributed by atoms with Gasteiger partial charge < -0.3 is 14.5 Å². The fourth-order valence-corrected chi connectivity index (χ4v) is 4.39. The lowest BCUT2D eigenvalue weighted by Crippen LogP contribution is -2.21. The highest BCUT2D eigenvalue weighted by Crippen LogP contribution is 2.37. The molecule has 1 aromatic carbocycles. The van der Waals surface area contributed by atoms with Crippen LogP contribution in [0.2, 0.25) is 0 Å². The van der Waals surface area contributed by atoms with E-state index >= 15 is 0 Å². The maximum absolute atomic E-state index is 9.36. The van der Waals surface area contributed by atoms with Crippen LogP contribution in [0.3, 0.4) is 0 Å². The molecular formula is C26H30N4O2. The summed E-state index contributed by atoms with van der Waals surface area (Å²) in [6, 6.07) is 12.3. The summed E-state index contributed by atoms with van der Waals surface area (Å²) >= 11 is 0. The average molecular weight is 431 g/mol. The fourth-order valence-electron chi connectivity index (χ4n) is 4.39. The minimum Gasteiger partial charge on any atom is -0.495 e. The molecule has 1 N–H and O–H groups in total. The van der Waals surface area contributed by atoms with Gasteiger partial charge in [0.15, 0.2) is 5.89 Å². The third kappa shape index (κ3) is 4.94. The minimum absolute atomic E-state index is 0.266. The molecule has 6 nitrogen and oxygen atoms in total. The molecule has 0 aliphatic heterocycles. The van der Waals surface area contributed by atoms with E-state index in [0.717, 1.165) is 55.2 Å². The van der Waals surface area contributed by atoms with Crippen molar-refractivity contribution in [2.45, 2.75) is 51.4 Å². The number of nitriles is 1. The van der Waals surface area contributed by atoms with Crippen molar-refractivity contribution in [1.29, 1.82) is 5.26 Å². The maximum atomic E-state index is 9.36. The summed E-state index contributed by atoms with van der Waals surface area (Å²) in [5, 5.41) is 12.9. The number of oxazole rings is 1. The topological polar surface area (TPSA) is 84.0 Å². The molecule has 0 spiro atoms. The van der Waals surface area contributed by atoms with Crippen molar-refractivity contribution in [3.63, 3.8) is 0 Å². The first-order valence-electron chi connectivity index (χ1n) is 11.3. The van der Waals surface area contributed by atoms with E-state index in [1.54, 1.807) is 13.4 Å². The van der Waals surface area contributed by atoms with Gasteiger partial charge in [-0.1, -0.05) is 19.9 Å². The van der Waals surface area contributed by atoms with E-state index in [1.807, 2.05) is 30.5 Å². The number of anilines is 1. The second-order valence-electron chi connectivity index (χ2n) is 8.83. The lowest BCUT2D eigenvalue weighted by molar-refractivity contribution is 0.338. The molecule has 166 valence electrons. The van der Waals surface area contributed by atoms with Crippen molar-refractivity contribution < 1.29 is 9.15 Å². The molecule has 2 heterocycles. The Bertz CT molecular complexity index is 1090. The lowest BCUT2D eigenvalue weighted by atomic mass is 9.78. The van der Waals surface area contributed by atoms with Crippen LogP contribution < -0.4 is 10.1 Å². The summed E-state index contributed by atoms with van der Waals surface area (Å²) in [5.74, 6) is 3.66. The predicted molar refractivity (Wildman–Crippen MR) is 125 cm³/mol. The monoisotopic (exact) mass is 430 g/mol. The molecule has 3 aromatic rings. The quantitative estimate of drug-likeness (QED) is 0.486. The summed E-state index contributed by atoms with van der Waals surface area (Å²) in [5.41, 5.74) is 3.72. The second kappa shape index (κ2) is 9.86. The van der Waals surface area contributed by atoms with Gasteiger partial charge in [0.25, 0.3) is 0 Å². The molecule has 32 heavy (non-hydrogen) atoms. The zero-order valence-electron chi connectivity index (χ0n) is 19.0. The van der Waals surface area contributed by atoms with Crippen molar-refractivity contribution in [3.05, 3.63) is 59.8 Å². The maximum Gasteiger partial charge on any atom is 0.197 e. The number of rotatable bonds is 7. The van der Waals surface area contributed by atoms with Crippen LogP contribution in [0.25, 0.3) is 11.3 Å². The van der Waals surface area contributed by atoms with Crippen molar-refractivity contribution in [3.8, 4) is 23.1 Å². The first kappa shape index (κ1) is 21.9. The Morgan fingerprint density at radius 2 is 2.00 bits per heavy atom. The van der Waals surface area contributed by atoms with E-state index < -0.39 is 0 Å². The Kier molecular flexibility index (Phi) is 6.75. The molecule has 1 aliphatic carbocycles. The molecule has 0 unspecified atom stereocenters. The molecule has 2 aromatic heterocycles. The summed E-state index contributed by atoms with van der Waals surface area (Å²) in [6.07, 6.45) is 8.11. The molecule has 4 rings (SSSR count). The van der Waals surface area contributed by atoms with Crippen molar-refractivity contribution >= 4 is 5.82 Å². The van der Waals surface area contributed by atoms with E-state index in [2.05, 4.69) is 41.3 Å². The lowest BCUT2D eigenvalue weighted by Gasteiger charge is -2.29. The van der Waals surface area contributed by atoms with Crippen molar-refractivity contribution in [1.82, 2.24) is 9.97 Å². The van der Waals surface area contributed by atoms with Crippen molar-refractivity contribution in [2.24, 2.45) is 5.92 Å². The molecule has 0 saturated heterocycles. The Morgan fingerprint density at radius 3 is 2.69 bits per heavy atom. The summed E-state index contributed by atoms with van der Waals surface area (Å²) in [4.78, 5) is 9.06. The minimum atomic E-state index is 0.266. The van der Waals surface area contributed by atoms with Gasteiger partial charge in [0, 0.05) is 24.2 Å². The fraction of sp³-hybridized carbons (Fsp3) is 0.423. The third-order valence-electron chi connectivity index (χ3n) is 6.31. The Morgan fingerprint density at radius 1 is 1.19 bits per heavy atom. The van der Waals surface area contributed by atoms with Gasteiger partial charge in [-0.15, -0.1) is 0 Å². The first-order valence-corrected chi connectivity index (χ1v) is 11.3. The number of hydrogen-bond donors (Lipinski definition) is 1. The molecule has 1 saturated carbocycles. The Labute approximate surface area is 189 Å². The van der Waals surface area contributed by atoms with Crippen LogP contribution in [0.1, 0.15) is 68.4 Å². The largest absolute Gasteiger partial charge is 0.495 e. The number of methoxy groups -OCH3 is 1. The number of nitrogens with zero attached hydrogens (tertiary/aromatic N) is 3. The van der Waals surface area contributed by atoms with Gasteiger partial charge in [-0.05, 0) is 67.3 Å². The number of benzene rings is 1. The van der Waals surface area contributed by atoms with Crippen LogP contribution in [0.15, 0.2) is 47.2 Å². The molecule has 0 atom stereocenters. The van der Waals surface area contributed by atoms with Gasteiger partial charge in [-0.3, -0.25) is 0 Å². The Hall–Kier alpha value is -3.33. The van der Waals surface area contributed by atoms with Gasteiger partial charge in [-0.25, -0.2) is 9.97 Å². The smallest absolute Gasteiger partial charge is 0.197 e. The molecule has 0 radical (unpaired) electrons. The number of hydrogen-bond acceptors (Lipinski definition) is 6. The highest BCUT2D eigenvalue weighted by molar-refractivity contribution is 5.61. The summed E-state index contributed by atoms with van der Waals surface area (Å²) in [7, 11) is 1.60. The van der Waals surface area contributed by atoms with Gasteiger partial charge in [0.05, 0.1) is 12.7 Å². The number of pyridine rings is 1. The van der Waals surface area contributed by atoms with E-state index in [9.17, 15) is 5.26 Å². The molecule has 6 heteroatoms. The zero-order valence-corrected chi connectivity index (χ0v) is 19.0. The number of nitrogens with one attached hydrogen (secondary N) is 1. The zero-order chi connectivity index (χ0) is 22.5. The molecule has 0 amide bonds. The van der Waals surface area contributed by atoms with Crippen LogP contribution in [0.4, 0.5) is 5.82 Å². The van der Waals surface area contributed by atoms with Crippen LogP contribution in [-0.4, -0.2) is 23.6 Å². The highest BCUT2D eigenvalue weighted by atomic mass is 16.5. The van der Waals surface area contributed by atoms with E-state index in [0.29, 0.717) is 23.1 Å². The second-order valence-corrected chi connectivity index (χ2v) is 8.83. The van der Waals surface area contributed by atoms with E-state index in [4.69, 9.17) is 9.15 Å². The van der Waals surface area contributed by atoms with Crippen LogP contribution >= 0.6 is 0 Å². The number of ether oxygens (including phenoxy) is 1. The van der Waals surface area contributed by atoms with Crippen LogP contribution in [-0.2, 0) is 0 Å². The summed E-state index contributed by atoms with van der Waals surface area (Å²) < 4.78 is 10.8. The summed E-state index contributed by atoms with van der Waals surface area (Å²) in [6.45, 7) is 5.05. The van der Waals surface area contributed by atoms with E-state index in [1.165, 1.54) is 5.56 Å². The average Bonchev–Trinajstić information content (AvgIpc) is 3.34. The van der Waals surface area contributed by atoms with Crippen LogP contribution in [0, 0.1) is 17.2 Å². The molecular weight excluding hydrogens is 400 g/mol. The van der Waals surface area contributed by atoms with Crippen molar-refractivity contribution in [2.75, 3.05) is 19.0 Å². The van der Waals surface area contributed by atoms with Gasteiger partial charge in [-0.2, -0.15) is 5.26 Å². The molecule has 0 bridgehead atoms. The van der Waals surface area contributed by atoms with Crippen LogP contribution in [0.5, 0.6) is 5.75 Å². The molecule has 1 fully saturated rings. The SMILES string of the molecule is COc1ccc([C@H]2CC[C@H](CNc3cc(-c4coc(C(C)C)n4)ccn3)CC2)cc1C#N. The van der Waals surface area contributed by atoms with Gasteiger partial charge >= 0.3 is 0 Å². The highest BCUT2D eigenvalue weighted by Gasteiger charge is 2.23. The predicted octanol–water partition coefficient (Wildman–Crippen LogP) is 6.13. The normalized spacial score (nSPS) is 18.3. The number of aromatic nitrogens is 2. The van der Waals surface area contributed by atoms with E-state index in [-0.39, 0.29) is 5.92 Å². The molecule has 1 aliphatic rings. The Balaban J connectivity index is 1.32.